The van der Waals surface area contributed by atoms with Gasteiger partial charge in [0.15, 0.2) is 0 Å². The van der Waals surface area contributed by atoms with Crippen molar-refractivity contribution in [2.45, 2.75) is 25.9 Å². The van der Waals surface area contributed by atoms with Crippen LogP contribution >= 0.6 is 11.3 Å². The zero-order valence-corrected chi connectivity index (χ0v) is 11.3. The van der Waals surface area contributed by atoms with E-state index in [9.17, 15) is 9.90 Å². The van der Waals surface area contributed by atoms with Crippen molar-refractivity contribution >= 4 is 27.9 Å². The lowest BCUT2D eigenvalue weighted by Crippen LogP contribution is -2.23. The van der Waals surface area contributed by atoms with E-state index in [2.05, 4.69) is 10.2 Å². The number of thiophene rings is 1. The van der Waals surface area contributed by atoms with Crippen LogP contribution in [0.5, 0.6) is 0 Å². The van der Waals surface area contributed by atoms with Gasteiger partial charge >= 0.3 is 0 Å². The SMILES string of the molecule is CCCNC(=O)c1sc(N2CCC(O)C2)cc1N. The molecule has 1 saturated heterocycles. The summed E-state index contributed by atoms with van der Waals surface area (Å²) in [6, 6.07) is 1.82. The number of carbonyl (C=O) groups is 1. The van der Waals surface area contributed by atoms with Crippen molar-refractivity contribution in [1.29, 1.82) is 0 Å². The number of amides is 1. The molecular weight excluding hydrogens is 250 g/mol. The highest BCUT2D eigenvalue weighted by atomic mass is 32.1. The van der Waals surface area contributed by atoms with Gasteiger partial charge < -0.3 is 21.1 Å². The third-order valence-corrected chi connectivity index (χ3v) is 4.18. The molecule has 1 aliphatic rings. The summed E-state index contributed by atoms with van der Waals surface area (Å²) in [5, 5.41) is 13.3. The summed E-state index contributed by atoms with van der Waals surface area (Å²) in [4.78, 5) is 14.5. The molecule has 5 nitrogen and oxygen atoms in total. The highest BCUT2D eigenvalue weighted by molar-refractivity contribution is 7.18. The van der Waals surface area contributed by atoms with E-state index in [4.69, 9.17) is 5.73 Å². The summed E-state index contributed by atoms with van der Waals surface area (Å²) in [6.45, 7) is 4.11. The summed E-state index contributed by atoms with van der Waals surface area (Å²) in [6.07, 6.45) is 1.41. The van der Waals surface area contributed by atoms with Gasteiger partial charge in [0.05, 0.1) is 16.8 Å². The lowest BCUT2D eigenvalue weighted by Gasteiger charge is -2.14. The molecule has 0 aromatic carbocycles. The Bertz CT molecular complexity index is 433. The maximum atomic E-state index is 11.9. The van der Waals surface area contributed by atoms with Gasteiger partial charge in [-0.2, -0.15) is 0 Å². The number of nitrogens with two attached hydrogens (primary N) is 1. The van der Waals surface area contributed by atoms with E-state index < -0.39 is 0 Å². The van der Waals surface area contributed by atoms with Crippen LogP contribution in [-0.2, 0) is 0 Å². The van der Waals surface area contributed by atoms with Crippen molar-refractivity contribution in [3.05, 3.63) is 10.9 Å². The fourth-order valence-corrected chi connectivity index (χ4v) is 3.02. The predicted octanol–water partition coefficient (Wildman–Crippen LogP) is 1.04. The fourth-order valence-electron chi connectivity index (χ4n) is 1.99. The van der Waals surface area contributed by atoms with Crippen molar-refractivity contribution < 1.29 is 9.90 Å². The van der Waals surface area contributed by atoms with Gasteiger partial charge in [-0.05, 0) is 18.9 Å². The molecule has 2 heterocycles. The Kier molecular flexibility index (Phi) is 4.08. The first-order valence-corrected chi connectivity index (χ1v) is 7.04. The molecule has 6 heteroatoms. The molecule has 1 fully saturated rings. The summed E-state index contributed by atoms with van der Waals surface area (Å²) >= 11 is 1.40. The number of aliphatic hydroxyl groups is 1. The molecule has 0 spiro atoms. The normalized spacial score (nSPS) is 19.2. The Morgan fingerprint density at radius 1 is 1.72 bits per heavy atom. The number of hydrogen-bond acceptors (Lipinski definition) is 5. The van der Waals surface area contributed by atoms with E-state index >= 15 is 0 Å². The van der Waals surface area contributed by atoms with Gasteiger partial charge in [-0.15, -0.1) is 11.3 Å². The van der Waals surface area contributed by atoms with Crippen LogP contribution in [0.3, 0.4) is 0 Å². The molecular formula is C12H19N3O2S. The van der Waals surface area contributed by atoms with E-state index in [1.54, 1.807) is 0 Å². The topological polar surface area (TPSA) is 78.6 Å². The number of anilines is 2. The van der Waals surface area contributed by atoms with Crippen molar-refractivity contribution in [3.8, 4) is 0 Å². The third-order valence-electron chi connectivity index (χ3n) is 2.96. The lowest BCUT2D eigenvalue weighted by molar-refractivity contribution is 0.0958. The van der Waals surface area contributed by atoms with Crippen LogP contribution in [0, 0.1) is 0 Å². The van der Waals surface area contributed by atoms with Gasteiger partial charge in [0.2, 0.25) is 0 Å². The molecule has 1 amide bonds. The summed E-state index contributed by atoms with van der Waals surface area (Å²) in [7, 11) is 0. The van der Waals surface area contributed by atoms with E-state index in [0.717, 1.165) is 24.4 Å². The lowest BCUT2D eigenvalue weighted by atomic mass is 10.3. The van der Waals surface area contributed by atoms with Gasteiger partial charge in [-0.1, -0.05) is 6.92 Å². The number of nitrogens with zero attached hydrogens (tertiary/aromatic N) is 1. The van der Waals surface area contributed by atoms with Crippen LogP contribution in [0.25, 0.3) is 0 Å². The first-order chi connectivity index (χ1) is 8.61. The highest BCUT2D eigenvalue weighted by Crippen LogP contribution is 2.33. The Morgan fingerprint density at radius 2 is 2.50 bits per heavy atom. The van der Waals surface area contributed by atoms with Gasteiger partial charge in [0, 0.05) is 19.6 Å². The molecule has 2 rings (SSSR count). The molecule has 1 aromatic rings. The van der Waals surface area contributed by atoms with Gasteiger partial charge in [-0.3, -0.25) is 4.79 Å². The monoisotopic (exact) mass is 269 g/mol. The van der Waals surface area contributed by atoms with E-state index in [0.29, 0.717) is 23.7 Å². The summed E-state index contributed by atoms with van der Waals surface area (Å²) < 4.78 is 0. The Labute approximate surface area is 111 Å². The molecule has 4 N–H and O–H groups in total. The molecule has 0 aliphatic carbocycles. The van der Waals surface area contributed by atoms with Crippen molar-refractivity contribution in [2.75, 3.05) is 30.3 Å². The van der Waals surface area contributed by atoms with Crippen LogP contribution in [0.15, 0.2) is 6.07 Å². The van der Waals surface area contributed by atoms with Crippen molar-refractivity contribution in [2.24, 2.45) is 0 Å². The minimum absolute atomic E-state index is 0.106. The van der Waals surface area contributed by atoms with Crippen LogP contribution in [0.2, 0.25) is 0 Å². The predicted molar refractivity (Wildman–Crippen MR) is 74.2 cm³/mol. The van der Waals surface area contributed by atoms with Gasteiger partial charge in [0.1, 0.15) is 4.88 Å². The standard InChI is InChI=1S/C12H19N3O2S/c1-2-4-14-12(17)11-9(13)6-10(18-11)15-5-3-8(16)7-15/h6,8,16H,2-5,7,13H2,1H3,(H,14,17). The van der Waals surface area contributed by atoms with E-state index in [-0.39, 0.29) is 12.0 Å². The number of nitrogens with one attached hydrogen (secondary N) is 1. The molecule has 100 valence electrons. The van der Waals surface area contributed by atoms with Gasteiger partial charge in [0.25, 0.3) is 5.91 Å². The molecule has 0 saturated carbocycles. The number of rotatable bonds is 4. The second kappa shape index (κ2) is 5.58. The molecule has 18 heavy (non-hydrogen) atoms. The summed E-state index contributed by atoms with van der Waals surface area (Å²) in [5.74, 6) is -0.106. The zero-order valence-electron chi connectivity index (χ0n) is 10.5. The third kappa shape index (κ3) is 2.76. The fraction of sp³-hybridized carbons (Fsp3) is 0.583. The average Bonchev–Trinajstić information content (AvgIpc) is 2.92. The molecule has 1 atom stereocenters. The second-order valence-corrected chi connectivity index (χ2v) is 5.54. The van der Waals surface area contributed by atoms with Crippen LogP contribution in [0.4, 0.5) is 10.7 Å². The van der Waals surface area contributed by atoms with Crippen molar-refractivity contribution in [3.63, 3.8) is 0 Å². The smallest absolute Gasteiger partial charge is 0.263 e. The van der Waals surface area contributed by atoms with Gasteiger partial charge in [-0.25, -0.2) is 0 Å². The minimum Gasteiger partial charge on any atom is -0.397 e. The molecule has 1 unspecified atom stereocenters. The quantitative estimate of drug-likeness (QED) is 0.763. The first-order valence-electron chi connectivity index (χ1n) is 6.22. The number of nitrogen functional groups attached to an aromatic ring is 1. The first kappa shape index (κ1) is 13.2. The molecule has 0 radical (unpaired) electrons. The second-order valence-electron chi connectivity index (χ2n) is 4.51. The zero-order chi connectivity index (χ0) is 13.1. The maximum absolute atomic E-state index is 11.9. The van der Waals surface area contributed by atoms with Crippen molar-refractivity contribution in [1.82, 2.24) is 5.32 Å². The number of carbonyl (C=O) groups excluding carboxylic acids is 1. The number of aliphatic hydroxyl groups excluding tert-OH is 1. The van der Waals surface area contributed by atoms with Crippen LogP contribution in [0.1, 0.15) is 29.4 Å². The Hall–Kier alpha value is -1.27. The van der Waals surface area contributed by atoms with Crippen LogP contribution < -0.4 is 16.0 Å². The highest BCUT2D eigenvalue weighted by Gasteiger charge is 2.24. The number of β-amino-alcohol motifs (C(OH)–C–C–N with tert-alkyl or cyclic N) is 1. The Balaban J connectivity index is 2.09. The average molecular weight is 269 g/mol. The molecule has 1 aliphatic heterocycles. The number of hydrogen-bond donors (Lipinski definition) is 3. The largest absolute Gasteiger partial charge is 0.397 e. The Morgan fingerprint density at radius 3 is 3.11 bits per heavy atom. The van der Waals surface area contributed by atoms with E-state index in [1.165, 1.54) is 11.3 Å². The van der Waals surface area contributed by atoms with E-state index in [1.807, 2.05) is 13.0 Å². The molecule has 0 bridgehead atoms. The summed E-state index contributed by atoms with van der Waals surface area (Å²) in [5.41, 5.74) is 6.40. The molecule has 1 aromatic heterocycles. The minimum atomic E-state index is -0.273. The van der Waals surface area contributed by atoms with Crippen LogP contribution in [-0.4, -0.2) is 36.8 Å². The maximum Gasteiger partial charge on any atom is 0.263 e.